The van der Waals surface area contributed by atoms with E-state index in [0.717, 1.165) is 17.3 Å². The smallest absolute Gasteiger partial charge is 0.271 e. The molecular weight excluding hydrogens is 280 g/mol. The first-order valence-electron chi connectivity index (χ1n) is 6.06. The highest BCUT2D eigenvalue weighted by Crippen LogP contribution is 2.13. The molecule has 1 unspecified atom stereocenters. The molecule has 4 heteroatoms. The minimum absolute atomic E-state index is 0.110. The molecular formula is C13H19BrN2O. The third kappa shape index (κ3) is 4.86. The molecule has 0 saturated carbocycles. The van der Waals surface area contributed by atoms with Gasteiger partial charge < -0.3 is 5.32 Å². The number of rotatable bonds is 6. The summed E-state index contributed by atoms with van der Waals surface area (Å²) in [6, 6.07) is 3.82. The Morgan fingerprint density at radius 1 is 1.53 bits per heavy atom. The predicted octanol–water partition coefficient (Wildman–Crippen LogP) is 3.54. The third-order valence-electron chi connectivity index (χ3n) is 2.59. The minimum Gasteiger partial charge on any atom is -0.348 e. The second-order valence-electron chi connectivity index (χ2n) is 4.20. The number of hydrogen-bond donors (Lipinski definition) is 1. The Hall–Kier alpha value is -0.900. The predicted molar refractivity (Wildman–Crippen MR) is 73.0 cm³/mol. The lowest BCUT2D eigenvalue weighted by Gasteiger charge is -2.13. The summed E-state index contributed by atoms with van der Waals surface area (Å²) in [4.78, 5) is 16.0. The number of carbonyl (C=O) groups is 1. The summed E-state index contributed by atoms with van der Waals surface area (Å²) in [5.74, 6) is -0.110. The van der Waals surface area contributed by atoms with Crippen molar-refractivity contribution in [3.8, 4) is 0 Å². The third-order valence-corrected chi connectivity index (χ3v) is 3.23. The Morgan fingerprint density at radius 3 is 2.94 bits per heavy atom. The van der Waals surface area contributed by atoms with Gasteiger partial charge in [0, 0.05) is 16.7 Å². The van der Waals surface area contributed by atoms with Crippen molar-refractivity contribution in [1.29, 1.82) is 0 Å². The van der Waals surface area contributed by atoms with Crippen molar-refractivity contribution in [2.45, 2.75) is 45.6 Å². The van der Waals surface area contributed by atoms with Crippen LogP contribution >= 0.6 is 15.9 Å². The summed E-state index contributed by atoms with van der Waals surface area (Å²) >= 11 is 3.33. The van der Waals surface area contributed by atoms with E-state index in [0.29, 0.717) is 5.69 Å². The van der Waals surface area contributed by atoms with E-state index in [1.165, 1.54) is 12.8 Å². The number of amides is 1. The molecule has 0 radical (unpaired) electrons. The molecule has 1 aromatic rings. The fourth-order valence-electron chi connectivity index (χ4n) is 1.62. The van der Waals surface area contributed by atoms with Crippen molar-refractivity contribution in [3.63, 3.8) is 0 Å². The normalized spacial score (nSPS) is 12.2. The molecule has 0 fully saturated rings. The van der Waals surface area contributed by atoms with E-state index in [1.54, 1.807) is 12.3 Å². The number of halogens is 1. The van der Waals surface area contributed by atoms with Crippen LogP contribution in [0.5, 0.6) is 0 Å². The molecule has 0 aliphatic rings. The Balaban J connectivity index is 2.46. The van der Waals surface area contributed by atoms with Crippen LogP contribution in [-0.4, -0.2) is 16.9 Å². The van der Waals surface area contributed by atoms with Gasteiger partial charge in [0.1, 0.15) is 5.69 Å². The molecule has 1 atom stereocenters. The van der Waals surface area contributed by atoms with Crippen molar-refractivity contribution in [3.05, 3.63) is 28.5 Å². The van der Waals surface area contributed by atoms with Gasteiger partial charge in [-0.25, -0.2) is 4.98 Å². The average Bonchev–Trinajstić information content (AvgIpc) is 2.29. The van der Waals surface area contributed by atoms with Gasteiger partial charge in [-0.15, -0.1) is 0 Å². The van der Waals surface area contributed by atoms with Crippen LogP contribution < -0.4 is 5.32 Å². The highest BCUT2D eigenvalue weighted by molar-refractivity contribution is 9.10. The molecule has 0 bridgehead atoms. The number of pyridine rings is 1. The van der Waals surface area contributed by atoms with E-state index >= 15 is 0 Å². The molecule has 94 valence electrons. The van der Waals surface area contributed by atoms with Crippen molar-refractivity contribution in [2.24, 2.45) is 0 Å². The number of nitrogens with zero attached hydrogens (tertiary/aromatic N) is 1. The quantitative estimate of drug-likeness (QED) is 0.816. The van der Waals surface area contributed by atoms with Crippen LogP contribution in [0.3, 0.4) is 0 Å². The van der Waals surface area contributed by atoms with Crippen LogP contribution in [0.25, 0.3) is 0 Å². The summed E-state index contributed by atoms with van der Waals surface area (Å²) in [5.41, 5.74) is 0.454. The van der Waals surface area contributed by atoms with Crippen molar-refractivity contribution < 1.29 is 4.79 Å². The summed E-state index contributed by atoms with van der Waals surface area (Å²) in [6.07, 6.45) is 6.22. The molecule has 0 saturated heterocycles. The topological polar surface area (TPSA) is 42.0 Å². The molecule has 1 aromatic heterocycles. The van der Waals surface area contributed by atoms with E-state index in [-0.39, 0.29) is 11.9 Å². The van der Waals surface area contributed by atoms with Gasteiger partial charge in [-0.05, 0) is 41.4 Å². The molecule has 1 N–H and O–H groups in total. The Labute approximate surface area is 111 Å². The minimum atomic E-state index is -0.110. The largest absolute Gasteiger partial charge is 0.348 e. The maximum atomic E-state index is 11.9. The molecule has 0 aliphatic heterocycles. The SMILES string of the molecule is CCCCCC(C)NC(=O)c1ncccc1Br. The van der Waals surface area contributed by atoms with Crippen molar-refractivity contribution in [2.75, 3.05) is 0 Å². The summed E-state index contributed by atoms with van der Waals surface area (Å²) in [5, 5.41) is 2.96. The van der Waals surface area contributed by atoms with Gasteiger partial charge in [0.25, 0.3) is 5.91 Å². The zero-order valence-corrected chi connectivity index (χ0v) is 12.0. The molecule has 3 nitrogen and oxygen atoms in total. The summed E-state index contributed by atoms with van der Waals surface area (Å²) in [6.45, 7) is 4.21. The van der Waals surface area contributed by atoms with E-state index in [4.69, 9.17) is 0 Å². The van der Waals surface area contributed by atoms with Crippen LogP contribution in [-0.2, 0) is 0 Å². The van der Waals surface area contributed by atoms with Crippen molar-refractivity contribution >= 4 is 21.8 Å². The number of aromatic nitrogens is 1. The molecule has 0 aromatic carbocycles. The zero-order valence-electron chi connectivity index (χ0n) is 10.4. The molecule has 1 rings (SSSR count). The fraction of sp³-hybridized carbons (Fsp3) is 0.538. The van der Waals surface area contributed by atoms with Crippen LogP contribution in [0.15, 0.2) is 22.8 Å². The summed E-state index contributed by atoms with van der Waals surface area (Å²) in [7, 11) is 0. The second-order valence-corrected chi connectivity index (χ2v) is 5.06. The van der Waals surface area contributed by atoms with Gasteiger partial charge >= 0.3 is 0 Å². The number of carbonyl (C=O) groups excluding carboxylic acids is 1. The van der Waals surface area contributed by atoms with Gasteiger partial charge in [0.15, 0.2) is 0 Å². The lowest BCUT2D eigenvalue weighted by atomic mass is 10.1. The van der Waals surface area contributed by atoms with Crippen LogP contribution in [0.2, 0.25) is 0 Å². The molecule has 1 amide bonds. The molecule has 1 heterocycles. The molecule has 17 heavy (non-hydrogen) atoms. The average molecular weight is 299 g/mol. The second kappa shape index (κ2) is 7.43. The zero-order chi connectivity index (χ0) is 12.7. The first kappa shape index (κ1) is 14.2. The van der Waals surface area contributed by atoms with Crippen molar-refractivity contribution in [1.82, 2.24) is 10.3 Å². The van der Waals surface area contributed by atoms with E-state index in [1.807, 2.05) is 13.0 Å². The Kier molecular flexibility index (Phi) is 6.19. The number of hydrogen-bond acceptors (Lipinski definition) is 2. The van der Waals surface area contributed by atoms with E-state index in [2.05, 4.69) is 33.2 Å². The lowest BCUT2D eigenvalue weighted by molar-refractivity contribution is 0.0932. The first-order valence-corrected chi connectivity index (χ1v) is 6.85. The van der Waals surface area contributed by atoms with E-state index in [9.17, 15) is 4.79 Å². The number of nitrogens with one attached hydrogen (secondary N) is 1. The Morgan fingerprint density at radius 2 is 2.29 bits per heavy atom. The van der Waals surface area contributed by atoms with Gasteiger partial charge in [0.2, 0.25) is 0 Å². The van der Waals surface area contributed by atoms with E-state index < -0.39 is 0 Å². The van der Waals surface area contributed by atoms with Crippen LogP contribution in [0, 0.1) is 0 Å². The molecule has 0 spiro atoms. The standard InChI is InChI=1S/C13H19BrN2O/c1-3-4-5-7-10(2)16-13(17)12-11(14)8-6-9-15-12/h6,8-10H,3-5,7H2,1-2H3,(H,16,17). The highest BCUT2D eigenvalue weighted by atomic mass is 79.9. The van der Waals surface area contributed by atoms with Crippen LogP contribution in [0.4, 0.5) is 0 Å². The first-order chi connectivity index (χ1) is 8.15. The summed E-state index contributed by atoms with van der Waals surface area (Å²) < 4.78 is 0.734. The maximum absolute atomic E-state index is 11.9. The Bertz CT molecular complexity index is 368. The van der Waals surface area contributed by atoms with Gasteiger partial charge in [0.05, 0.1) is 0 Å². The highest BCUT2D eigenvalue weighted by Gasteiger charge is 2.13. The number of unbranched alkanes of at least 4 members (excludes halogenated alkanes) is 2. The van der Waals surface area contributed by atoms with Gasteiger partial charge in [-0.2, -0.15) is 0 Å². The fourth-order valence-corrected chi connectivity index (χ4v) is 2.05. The maximum Gasteiger partial charge on any atom is 0.271 e. The monoisotopic (exact) mass is 298 g/mol. The van der Waals surface area contributed by atoms with Crippen LogP contribution in [0.1, 0.15) is 50.0 Å². The lowest BCUT2D eigenvalue weighted by Crippen LogP contribution is -2.33. The van der Waals surface area contributed by atoms with Gasteiger partial charge in [-0.3, -0.25) is 4.79 Å². The molecule has 0 aliphatic carbocycles. The van der Waals surface area contributed by atoms with Gasteiger partial charge in [-0.1, -0.05) is 26.2 Å².